The quantitative estimate of drug-likeness (QED) is 0.881. The van der Waals surface area contributed by atoms with Crippen molar-refractivity contribution >= 4 is 22.4 Å². The third kappa shape index (κ3) is 3.11. The molecule has 0 aliphatic carbocycles. The fraction of sp³-hybridized carbons (Fsp3) is 0.231. The van der Waals surface area contributed by atoms with Crippen LogP contribution in [-0.4, -0.2) is 18.1 Å². The Bertz CT molecular complexity index is 643. The molecule has 4 nitrogen and oxygen atoms in total. The van der Waals surface area contributed by atoms with E-state index in [1.807, 2.05) is 0 Å². The Morgan fingerprint density at radius 3 is 2.85 bits per heavy atom. The Morgan fingerprint density at radius 1 is 1.45 bits per heavy atom. The molecule has 1 heterocycles. The molecule has 7 heteroatoms. The fourth-order valence-electron chi connectivity index (χ4n) is 1.59. The van der Waals surface area contributed by atoms with Crippen LogP contribution in [0.4, 0.5) is 13.9 Å². The van der Waals surface area contributed by atoms with Crippen LogP contribution >= 0.6 is 11.3 Å². The zero-order valence-corrected chi connectivity index (χ0v) is 11.7. The van der Waals surface area contributed by atoms with E-state index in [4.69, 9.17) is 0 Å². The van der Waals surface area contributed by atoms with Gasteiger partial charge in [0.05, 0.1) is 7.11 Å². The number of thiazole rings is 1. The van der Waals surface area contributed by atoms with Crippen molar-refractivity contribution in [2.45, 2.75) is 13.5 Å². The molecule has 0 unspecified atom stereocenters. The second-order valence-corrected chi connectivity index (χ2v) is 5.21. The number of halogens is 2. The third-order valence-corrected chi connectivity index (χ3v) is 3.55. The van der Waals surface area contributed by atoms with Crippen molar-refractivity contribution in [2.24, 2.45) is 0 Å². The molecule has 20 heavy (non-hydrogen) atoms. The molecule has 0 spiro atoms. The van der Waals surface area contributed by atoms with Crippen molar-refractivity contribution in [1.82, 2.24) is 4.98 Å². The van der Waals surface area contributed by atoms with Crippen LogP contribution in [0.3, 0.4) is 0 Å². The highest BCUT2D eigenvalue weighted by atomic mass is 32.1. The van der Waals surface area contributed by atoms with Crippen LogP contribution in [0.2, 0.25) is 0 Å². The standard InChI is InChI=1S/C13H12F2N2O2S/c1-7-11(12(18)19-2)17-13(20-7)16-6-8-3-4-9(14)5-10(8)15/h3-5H,6H2,1-2H3,(H,16,17). The minimum Gasteiger partial charge on any atom is -0.464 e. The molecule has 0 radical (unpaired) electrons. The highest BCUT2D eigenvalue weighted by molar-refractivity contribution is 7.15. The number of anilines is 1. The lowest BCUT2D eigenvalue weighted by Gasteiger charge is -2.04. The summed E-state index contributed by atoms with van der Waals surface area (Å²) >= 11 is 1.27. The Hall–Kier alpha value is -2.02. The predicted octanol–water partition coefficient (Wildman–Crippen LogP) is 3.13. The van der Waals surface area contributed by atoms with Gasteiger partial charge in [-0.1, -0.05) is 6.07 Å². The largest absolute Gasteiger partial charge is 0.464 e. The predicted molar refractivity (Wildman–Crippen MR) is 71.9 cm³/mol. The molecule has 0 aliphatic heterocycles. The number of carbonyl (C=O) groups excluding carboxylic acids is 1. The number of hydrogen-bond acceptors (Lipinski definition) is 5. The first-order chi connectivity index (χ1) is 9.51. The molecule has 1 aromatic carbocycles. The molecule has 106 valence electrons. The summed E-state index contributed by atoms with van der Waals surface area (Å²) in [5.74, 6) is -1.76. The molecule has 2 aromatic rings. The number of ether oxygens (including phenoxy) is 1. The van der Waals surface area contributed by atoms with Crippen molar-refractivity contribution in [3.8, 4) is 0 Å². The van der Waals surface area contributed by atoms with E-state index in [1.165, 1.54) is 30.6 Å². The van der Waals surface area contributed by atoms with Gasteiger partial charge in [0, 0.05) is 23.1 Å². The lowest BCUT2D eigenvalue weighted by molar-refractivity contribution is 0.0594. The molecule has 0 saturated heterocycles. The normalized spacial score (nSPS) is 10.4. The Morgan fingerprint density at radius 2 is 2.20 bits per heavy atom. The summed E-state index contributed by atoms with van der Waals surface area (Å²) in [5.41, 5.74) is 0.554. The van der Waals surface area contributed by atoms with Gasteiger partial charge in [-0.2, -0.15) is 0 Å². The average Bonchev–Trinajstić information content (AvgIpc) is 2.78. The van der Waals surface area contributed by atoms with Crippen LogP contribution in [0.1, 0.15) is 20.9 Å². The summed E-state index contributed by atoms with van der Waals surface area (Å²) in [6.07, 6.45) is 0. The maximum Gasteiger partial charge on any atom is 0.357 e. The Labute approximate surface area is 118 Å². The van der Waals surface area contributed by atoms with E-state index in [9.17, 15) is 13.6 Å². The van der Waals surface area contributed by atoms with E-state index in [0.717, 1.165) is 6.07 Å². The van der Waals surface area contributed by atoms with Crippen molar-refractivity contribution in [2.75, 3.05) is 12.4 Å². The zero-order valence-electron chi connectivity index (χ0n) is 10.9. The highest BCUT2D eigenvalue weighted by Gasteiger charge is 2.15. The summed E-state index contributed by atoms with van der Waals surface area (Å²) in [6, 6.07) is 3.37. The van der Waals surface area contributed by atoms with Crippen molar-refractivity contribution < 1.29 is 18.3 Å². The van der Waals surface area contributed by atoms with Crippen LogP contribution < -0.4 is 5.32 Å². The number of rotatable bonds is 4. The fourth-order valence-corrected chi connectivity index (χ4v) is 2.39. The molecular weight excluding hydrogens is 286 g/mol. The van der Waals surface area contributed by atoms with E-state index < -0.39 is 17.6 Å². The van der Waals surface area contributed by atoms with Crippen LogP contribution in [0, 0.1) is 18.6 Å². The molecule has 1 aromatic heterocycles. The zero-order chi connectivity index (χ0) is 14.7. The number of aryl methyl sites for hydroxylation is 1. The number of benzene rings is 1. The molecular formula is C13H12F2N2O2S. The average molecular weight is 298 g/mol. The second-order valence-electron chi connectivity index (χ2n) is 4.00. The minimum absolute atomic E-state index is 0.152. The van der Waals surface area contributed by atoms with Crippen LogP contribution in [0.5, 0.6) is 0 Å². The molecule has 0 fully saturated rings. The highest BCUT2D eigenvalue weighted by Crippen LogP contribution is 2.23. The first kappa shape index (κ1) is 14.4. The third-order valence-electron chi connectivity index (χ3n) is 2.62. The lowest BCUT2D eigenvalue weighted by Crippen LogP contribution is -2.05. The van der Waals surface area contributed by atoms with Gasteiger partial charge in [0.25, 0.3) is 0 Å². The second kappa shape index (κ2) is 5.96. The van der Waals surface area contributed by atoms with Gasteiger partial charge in [-0.15, -0.1) is 11.3 Å². The smallest absolute Gasteiger partial charge is 0.357 e. The van der Waals surface area contributed by atoms with E-state index in [1.54, 1.807) is 6.92 Å². The number of aromatic nitrogens is 1. The molecule has 0 aliphatic rings. The summed E-state index contributed by atoms with van der Waals surface area (Å²) in [6.45, 7) is 1.90. The van der Waals surface area contributed by atoms with Gasteiger partial charge in [0.15, 0.2) is 10.8 Å². The maximum absolute atomic E-state index is 13.4. The van der Waals surface area contributed by atoms with Crippen LogP contribution in [0.15, 0.2) is 18.2 Å². The lowest BCUT2D eigenvalue weighted by atomic mass is 10.2. The van der Waals surface area contributed by atoms with Gasteiger partial charge in [-0.3, -0.25) is 0 Å². The van der Waals surface area contributed by atoms with Gasteiger partial charge < -0.3 is 10.1 Å². The summed E-state index contributed by atoms with van der Waals surface area (Å²) in [7, 11) is 1.28. The molecule has 0 saturated carbocycles. The Balaban J connectivity index is 2.09. The van der Waals surface area contributed by atoms with Crippen LogP contribution in [-0.2, 0) is 11.3 Å². The number of nitrogens with zero attached hydrogens (tertiary/aromatic N) is 1. The van der Waals surface area contributed by atoms with Gasteiger partial charge in [-0.25, -0.2) is 18.6 Å². The first-order valence-corrected chi connectivity index (χ1v) is 6.56. The van der Waals surface area contributed by atoms with Gasteiger partial charge in [0.1, 0.15) is 11.6 Å². The van der Waals surface area contributed by atoms with E-state index in [0.29, 0.717) is 15.6 Å². The van der Waals surface area contributed by atoms with Crippen LogP contribution in [0.25, 0.3) is 0 Å². The summed E-state index contributed by atoms with van der Waals surface area (Å²) in [4.78, 5) is 16.2. The number of carbonyl (C=O) groups is 1. The Kier molecular flexibility index (Phi) is 4.29. The SMILES string of the molecule is COC(=O)c1nc(NCc2ccc(F)cc2F)sc1C. The topological polar surface area (TPSA) is 51.2 Å². The van der Waals surface area contributed by atoms with Crippen molar-refractivity contribution in [3.05, 3.63) is 46.0 Å². The monoisotopic (exact) mass is 298 g/mol. The molecule has 0 atom stereocenters. The van der Waals surface area contributed by atoms with Crippen molar-refractivity contribution in [1.29, 1.82) is 0 Å². The van der Waals surface area contributed by atoms with Gasteiger partial charge >= 0.3 is 5.97 Å². The molecule has 0 bridgehead atoms. The summed E-state index contributed by atoms with van der Waals surface area (Å²) in [5, 5.41) is 3.38. The van der Waals surface area contributed by atoms with Crippen molar-refractivity contribution in [3.63, 3.8) is 0 Å². The van der Waals surface area contributed by atoms with Gasteiger partial charge in [-0.05, 0) is 13.0 Å². The minimum atomic E-state index is -0.626. The summed E-state index contributed by atoms with van der Waals surface area (Å²) < 4.78 is 30.8. The number of hydrogen-bond donors (Lipinski definition) is 1. The number of nitrogens with one attached hydrogen (secondary N) is 1. The van der Waals surface area contributed by atoms with E-state index >= 15 is 0 Å². The number of esters is 1. The maximum atomic E-state index is 13.4. The van der Waals surface area contributed by atoms with E-state index in [2.05, 4.69) is 15.0 Å². The first-order valence-electron chi connectivity index (χ1n) is 5.75. The number of methoxy groups -OCH3 is 1. The van der Waals surface area contributed by atoms with E-state index in [-0.39, 0.29) is 12.2 Å². The molecule has 1 N–H and O–H groups in total. The molecule has 2 rings (SSSR count). The molecule has 0 amide bonds. The van der Waals surface area contributed by atoms with Gasteiger partial charge in [0.2, 0.25) is 0 Å².